The maximum Gasteiger partial charge on any atom is 0.243 e. The number of hydrogen-bond acceptors (Lipinski definition) is 5. The molecule has 2 aliphatic rings. The van der Waals surface area contributed by atoms with E-state index in [-0.39, 0.29) is 34.9 Å². The van der Waals surface area contributed by atoms with Gasteiger partial charge in [-0.15, -0.1) is 11.8 Å². The van der Waals surface area contributed by atoms with Gasteiger partial charge in [-0.3, -0.25) is 9.59 Å². The largest absolute Gasteiger partial charge is 0.354 e. The molecule has 0 aliphatic carbocycles. The minimum atomic E-state index is -3.61. The Morgan fingerprint density at radius 3 is 2.56 bits per heavy atom. The van der Waals surface area contributed by atoms with Crippen molar-refractivity contribution in [1.29, 1.82) is 0 Å². The van der Waals surface area contributed by atoms with Gasteiger partial charge in [0.25, 0.3) is 0 Å². The zero-order valence-electron chi connectivity index (χ0n) is 18.0. The quantitative estimate of drug-likeness (QED) is 0.668. The molecule has 0 saturated carbocycles. The number of anilines is 1. The van der Waals surface area contributed by atoms with Gasteiger partial charge in [-0.1, -0.05) is 37.3 Å². The Bertz CT molecular complexity index is 1100. The van der Waals surface area contributed by atoms with Gasteiger partial charge in [0, 0.05) is 24.5 Å². The lowest BCUT2D eigenvalue weighted by Crippen LogP contribution is -2.44. The van der Waals surface area contributed by atoms with Crippen molar-refractivity contribution in [3.63, 3.8) is 0 Å². The highest BCUT2D eigenvalue weighted by Crippen LogP contribution is 2.37. The van der Waals surface area contributed by atoms with Crippen molar-refractivity contribution in [3.8, 4) is 0 Å². The molecule has 0 aromatic heterocycles. The molecule has 4 rings (SSSR count). The Morgan fingerprint density at radius 2 is 1.84 bits per heavy atom. The second-order valence-corrected chi connectivity index (χ2v) is 11.1. The summed E-state index contributed by atoms with van der Waals surface area (Å²) in [4.78, 5) is 27.7. The summed E-state index contributed by atoms with van der Waals surface area (Å²) in [5, 5.41) is 2.90. The molecule has 0 unspecified atom stereocenters. The van der Waals surface area contributed by atoms with Crippen LogP contribution in [0.25, 0.3) is 0 Å². The molecular weight excluding hydrogens is 446 g/mol. The first-order valence-corrected chi connectivity index (χ1v) is 13.2. The molecule has 2 aliphatic heterocycles. The lowest BCUT2D eigenvalue weighted by Gasteiger charge is -2.29. The van der Waals surface area contributed by atoms with Crippen LogP contribution in [0.5, 0.6) is 0 Å². The van der Waals surface area contributed by atoms with E-state index < -0.39 is 10.0 Å². The van der Waals surface area contributed by atoms with Gasteiger partial charge in [-0.05, 0) is 42.5 Å². The second kappa shape index (κ2) is 9.64. The predicted octanol–water partition coefficient (Wildman–Crippen LogP) is 2.83. The van der Waals surface area contributed by atoms with Crippen molar-refractivity contribution in [2.75, 3.05) is 36.8 Å². The molecule has 1 fully saturated rings. The summed E-state index contributed by atoms with van der Waals surface area (Å²) in [5.74, 6) is -0.118. The summed E-state index contributed by atoms with van der Waals surface area (Å²) in [5.41, 5.74) is 1.61. The SMILES string of the molecule is C[C@@H](CNC(=O)CN1C(=O)CSc2ccc(S(=O)(=O)N3CCCC3)cc21)c1ccccc1. The molecule has 7 nitrogen and oxygen atoms in total. The fourth-order valence-electron chi connectivity index (χ4n) is 3.96. The van der Waals surface area contributed by atoms with Gasteiger partial charge in [0.15, 0.2) is 0 Å². The summed E-state index contributed by atoms with van der Waals surface area (Å²) in [6, 6.07) is 14.8. The van der Waals surface area contributed by atoms with Crippen LogP contribution in [0, 0.1) is 0 Å². The van der Waals surface area contributed by atoms with Gasteiger partial charge in [-0.25, -0.2) is 8.42 Å². The molecule has 2 aromatic carbocycles. The summed E-state index contributed by atoms with van der Waals surface area (Å²) in [7, 11) is -3.61. The first-order chi connectivity index (χ1) is 15.4. The van der Waals surface area contributed by atoms with Crippen LogP contribution in [-0.4, -0.2) is 56.5 Å². The molecule has 0 bridgehead atoms. The zero-order valence-corrected chi connectivity index (χ0v) is 19.6. The van der Waals surface area contributed by atoms with Gasteiger partial charge in [0.05, 0.1) is 16.3 Å². The normalized spacial score (nSPS) is 17.8. The Hall–Kier alpha value is -2.36. The number of carbonyl (C=O) groups excluding carboxylic acids is 2. The van der Waals surface area contributed by atoms with E-state index in [9.17, 15) is 18.0 Å². The lowest BCUT2D eigenvalue weighted by atomic mass is 10.0. The van der Waals surface area contributed by atoms with Crippen LogP contribution in [0.4, 0.5) is 5.69 Å². The highest BCUT2D eigenvalue weighted by atomic mass is 32.2. The van der Waals surface area contributed by atoms with Crippen LogP contribution in [-0.2, 0) is 19.6 Å². The molecule has 1 saturated heterocycles. The van der Waals surface area contributed by atoms with Crippen molar-refractivity contribution < 1.29 is 18.0 Å². The number of nitrogens with zero attached hydrogens (tertiary/aromatic N) is 2. The molecule has 32 heavy (non-hydrogen) atoms. The summed E-state index contributed by atoms with van der Waals surface area (Å²) in [6.07, 6.45) is 1.71. The zero-order chi connectivity index (χ0) is 22.7. The van der Waals surface area contributed by atoms with Crippen molar-refractivity contribution in [1.82, 2.24) is 9.62 Å². The van der Waals surface area contributed by atoms with E-state index in [1.807, 2.05) is 37.3 Å². The van der Waals surface area contributed by atoms with Gasteiger partial charge in [-0.2, -0.15) is 4.31 Å². The third-order valence-electron chi connectivity index (χ3n) is 5.85. The number of sulfonamides is 1. The van der Waals surface area contributed by atoms with Gasteiger partial charge in [0.1, 0.15) is 6.54 Å². The average Bonchev–Trinajstić information content (AvgIpc) is 3.35. The van der Waals surface area contributed by atoms with Gasteiger partial charge >= 0.3 is 0 Å². The molecule has 0 spiro atoms. The minimum Gasteiger partial charge on any atom is -0.354 e. The van der Waals surface area contributed by atoms with Crippen LogP contribution < -0.4 is 10.2 Å². The molecule has 2 heterocycles. The average molecular weight is 474 g/mol. The van der Waals surface area contributed by atoms with E-state index in [1.165, 1.54) is 27.0 Å². The van der Waals surface area contributed by atoms with E-state index in [2.05, 4.69) is 5.32 Å². The number of amides is 2. The number of benzene rings is 2. The van der Waals surface area contributed by atoms with Gasteiger partial charge in [0.2, 0.25) is 21.8 Å². The van der Waals surface area contributed by atoms with Crippen LogP contribution >= 0.6 is 11.8 Å². The monoisotopic (exact) mass is 473 g/mol. The topological polar surface area (TPSA) is 86.8 Å². The third kappa shape index (κ3) is 4.84. The Morgan fingerprint density at radius 1 is 1.12 bits per heavy atom. The number of rotatable bonds is 7. The summed E-state index contributed by atoms with van der Waals surface area (Å²) < 4.78 is 27.4. The Kier molecular flexibility index (Phi) is 6.88. The molecule has 1 N–H and O–H groups in total. The number of nitrogens with one attached hydrogen (secondary N) is 1. The highest BCUT2D eigenvalue weighted by Gasteiger charge is 2.31. The van der Waals surface area contributed by atoms with E-state index in [4.69, 9.17) is 0 Å². The molecular formula is C23H27N3O4S2. The summed E-state index contributed by atoms with van der Waals surface area (Å²) >= 11 is 1.36. The van der Waals surface area contributed by atoms with Crippen molar-refractivity contribution in [3.05, 3.63) is 54.1 Å². The third-order valence-corrected chi connectivity index (χ3v) is 8.79. The van der Waals surface area contributed by atoms with E-state index in [0.717, 1.165) is 23.3 Å². The maximum absolute atomic E-state index is 13.0. The fraction of sp³-hybridized carbons (Fsp3) is 0.391. The molecule has 1 atom stereocenters. The first kappa shape index (κ1) is 22.8. The second-order valence-electron chi connectivity index (χ2n) is 8.13. The van der Waals surface area contributed by atoms with Crippen LogP contribution in [0.3, 0.4) is 0 Å². The number of thioether (sulfide) groups is 1. The molecule has 2 amide bonds. The van der Waals surface area contributed by atoms with E-state index >= 15 is 0 Å². The molecule has 9 heteroatoms. The standard InChI is InChI=1S/C23H27N3O4S2/c1-17(18-7-3-2-4-8-18)14-24-22(27)15-26-20-13-19(9-10-21(20)31-16-23(26)28)32(29,30)25-11-5-6-12-25/h2-4,7-10,13,17H,5-6,11-12,14-16H2,1H3,(H,24,27)/t17-/m0/s1. The highest BCUT2D eigenvalue weighted by molar-refractivity contribution is 8.00. The fourth-order valence-corrected chi connectivity index (χ4v) is 6.41. The predicted molar refractivity (Wildman–Crippen MR) is 125 cm³/mol. The van der Waals surface area contributed by atoms with E-state index in [1.54, 1.807) is 12.1 Å². The smallest absolute Gasteiger partial charge is 0.243 e. The lowest BCUT2D eigenvalue weighted by molar-refractivity contribution is -0.123. The first-order valence-electron chi connectivity index (χ1n) is 10.8. The van der Waals surface area contributed by atoms with Crippen molar-refractivity contribution >= 4 is 39.3 Å². The van der Waals surface area contributed by atoms with Crippen LogP contribution in [0.1, 0.15) is 31.2 Å². The van der Waals surface area contributed by atoms with E-state index in [0.29, 0.717) is 25.3 Å². The summed E-state index contributed by atoms with van der Waals surface area (Å²) in [6.45, 7) is 3.37. The number of hydrogen-bond donors (Lipinski definition) is 1. The Balaban J connectivity index is 1.49. The molecule has 170 valence electrons. The number of fused-ring (bicyclic) bond motifs is 1. The van der Waals surface area contributed by atoms with Gasteiger partial charge < -0.3 is 10.2 Å². The minimum absolute atomic E-state index is 0.136. The van der Waals surface area contributed by atoms with Crippen molar-refractivity contribution in [2.24, 2.45) is 0 Å². The van der Waals surface area contributed by atoms with Crippen LogP contribution in [0.15, 0.2) is 58.3 Å². The number of carbonyl (C=O) groups is 2. The maximum atomic E-state index is 13.0. The Labute approximate surface area is 193 Å². The molecule has 0 radical (unpaired) electrons. The van der Waals surface area contributed by atoms with Crippen molar-refractivity contribution in [2.45, 2.75) is 35.5 Å². The molecule has 2 aromatic rings. The van der Waals surface area contributed by atoms with Crippen LogP contribution in [0.2, 0.25) is 0 Å².